The number of hydrogen-bond donors (Lipinski definition) is 0. The lowest BCUT2D eigenvalue weighted by atomic mass is 10.1. The lowest BCUT2D eigenvalue weighted by molar-refractivity contribution is -0.254. The maximum absolute atomic E-state index is 11.3. The largest absolute Gasteiger partial charge is 0.544 e. The summed E-state index contributed by atoms with van der Waals surface area (Å²) in [5.74, 6) is -1.31. The molecule has 1 aromatic heterocycles. The minimum Gasteiger partial charge on any atom is -0.544 e. The zero-order chi connectivity index (χ0) is 10.9. The highest BCUT2D eigenvalue weighted by Gasteiger charge is 2.17. The van der Waals surface area contributed by atoms with E-state index in [-0.39, 0.29) is 10.7 Å². The van der Waals surface area contributed by atoms with E-state index in [0.717, 1.165) is 15.5 Å². The first-order chi connectivity index (χ1) is 6.49. The second kappa shape index (κ2) is 4.14. The molecule has 0 aromatic carbocycles. The number of carboxylic acids is 1. The monoisotopic (exact) mass is 229 g/mol. The molecule has 76 valence electrons. The zero-order valence-corrected chi connectivity index (χ0v) is 9.67. The van der Waals surface area contributed by atoms with Gasteiger partial charge in [-0.1, -0.05) is 0 Å². The Morgan fingerprint density at radius 2 is 2.00 bits per heavy atom. The highest BCUT2D eigenvalue weighted by Crippen LogP contribution is 2.34. The summed E-state index contributed by atoms with van der Waals surface area (Å²) in [6.07, 6.45) is 1.82. The third kappa shape index (κ3) is 1.83. The van der Waals surface area contributed by atoms with Crippen molar-refractivity contribution in [1.82, 2.24) is 0 Å². The molecule has 1 rings (SSSR count). The van der Waals surface area contributed by atoms with Gasteiger partial charge in [0.2, 0.25) is 0 Å². The van der Waals surface area contributed by atoms with Crippen LogP contribution in [0.1, 0.15) is 32.5 Å². The third-order valence-corrected chi connectivity index (χ3v) is 4.23. The number of carbonyl (C=O) groups excluding carboxylic acids is 2. The van der Waals surface area contributed by atoms with Crippen molar-refractivity contribution in [3.05, 3.63) is 16.0 Å². The molecule has 1 heterocycles. The summed E-state index contributed by atoms with van der Waals surface area (Å²) in [6.45, 7) is 3.08. The number of Topliss-reactive ketones (excluding diaryl/α,β-unsaturated/α-hetero) is 1. The molecule has 0 saturated heterocycles. The molecule has 0 spiro atoms. The van der Waals surface area contributed by atoms with E-state index >= 15 is 0 Å². The number of hydrogen-bond acceptors (Lipinski definition) is 5. The lowest BCUT2D eigenvalue weighted by Gasteiger charge is -1.99. The van der Waals surface area contributed by atoms with Gasteiger partial charge in [0.25, 0.3) is 0 Å². The van der Waals surface area contributed by atoms with Crippen molar-refractivity contribution in [3.63, 3.8) is 0 Å². The van der Waals surface area contributed by atoms with E-state index in [1.165, 1.54) is 18.7 Å². The van der Waals surface area contributed by atoms with Gasteiger partial charge in [-0.15, -0.1) is 23.1 Å². The maximum atomic E-state index is 11.3. The summed E-state index contributed by atoms with van der Waals surface area (Å²) in [6, 6.07) is 0. The van der Waals surface area contributed by atoms with Gasteiger partial charge in [-0.2, -0.15) is 0 Å². The van der Waals surface area contributed by atoms with Crippen molar-refractivity contribution in [2.24, 2.45) is 0 Å². The van der Waals surface area contributed by atoms with E-state index in [9.17, 15) is 14.7 Å². The van der Waals surface area contributed by atoms with Crippen LogP contribution < -0.4 is 5.11 Å². The van der Waals surface area contributed by atoms with Crippen molar-refractivity contribution in [1.29, 1.82) is 0 Å². The van der Waals surface area contributed by atoms with Gasteiger partial charge in [-0.05, 0) is 25.7 Å². The molecule has 0 unspecified atom stereocenters. The average molecular weight is 229 g/mol. The number of carboxylic acid groups (broad SMARTS) is 1. The van der Waals surface area contributed by atoms with Crippen LogP contribution in [0.5, 0.6) is 0 Å². The van der Waals surface area contributed by atoms with E-state index in [4.69, 9.17) is 0 Å². The molecular weight excluding hydrogens is 220 g/mol. The minimum atomic E-state index is -1.21. The summed E-state index contributed by atoms with van der Waals surface area (Å²) in [5, 5.41) is 10.7. The first-order valence-corrected chi connectivity index (χ1v) is 5.92. The second-order valence-electron chi connectivity index (χ2n) is 2.77. The van der Waals surface area contributed by atoms with Crippen LogP contribution in [0.3, 0.4) is 0 Å². The number of thiophene rings is 1. The first kappa shape index (κ1) is 11.3. The number of thioether (sulfide) groups is 1. The van der Waals surface area contributed by atoms with E-state index in [0.29, 0.717) is 11.1 Å². The third-order valence-electron chi connectivity index (χ3n) is 1.84. The number of rotatable bonds is 3. The van der Waals surface area contributed by atoms with E-state index in [1.807, 2.05) is 6.26 Å². The van der Waals surface area contributed by atoms with E-state index in [1.54, 1.807) is 6.92 Å². The Hall–Kier alpha value is -0.810. The van der Waals surface area contributed by atoms with Crippen molar-refractivity contribution in [2.75, 3.05) is 6.26 Å². The van der Waals surface area contributed by atoms with Crippen molar-refractivity contribution in [3.8, 4) is 0 Å². The molecule has 0 bridgehead atoms. The smallest absolute Gasteiger partial charge is 0.162 e. The fraction of sp³-hybridized carbons (Fsp3) is 0.333. The van der Waals surface area contributed by atoms with Gasteiger partial charge in [-0.25, -0.2) is 0 Å². The summed E-state index contributed by atoms with van der Waals surface area (Å²) >= 11 is 2.49. The summed E-state index contributed by atoms with van der Waals surface area (Å²) in [4.78, 5) is 22.1. The molecule has 0 N–H and O–H groups in total. The van der Waals surface area contributed by atoms with E-state index < -0.39 is 5.97 Å². The molecule has 0 aliphatic rings. The second-order valence-corrected chi connectivity index (χ2v) is 4.86. The molecule has 0 aliphatic heterocycles. The maximum Gasteiger partial charge on any atom is 0.162 e. The number of aromatic carboxylic acids is 1. The molecule has 0 amide bonds. The van der Waals surface area contributed by atoms with Crippen molar-refractivity contribution >= 4 is 34.9 Å². The molecule has 0 saturated carbocycles. The summed E-state index contributed by atoms with van der Waals surface area (Å²) in [5.41, 5.74) is 1.04. The van der Waals surface area contributed by atoms with Crippen LogP contribution in [-0.4, -0.2) is 18.0 Å². The van der Waals surface area contributed by atoms with Gasteiger partial charge in [0.15, 0.2) is 5.78 Å². The predicted octanol–water partition coefficient (Wildman–Crippen LogP) is 1.34. The fourth-order valence-electron chi connectivity index (χ4n) is 1.23. The van der Waals surface area contributed by atoms with Crippen LogP contribution in [0, 0.1) is 6.92 Å². The van der Waals surface area contributed by atoms with Crippen LogP contribution in [-0.2, 0) is 0 Å². The molecule has 0 radical (unpaired) electrons. The van der Waals surface area contributed by atoms with Gasteiger partial charge in [0.05, 0.1) is 15.1 Å². The standard InChI is InChI=1S/C9H10O3S2/c1-4-6(5(2)10)9(13-3)14-7(4)8(11)12/h1-3H3,(H,11,12)/p-1. The summed E-state index contributed by atoms with van der Waals surface area (Å²) in [7, 11) is 0. The SMILES string of the molecule is CSc1sc(C(=O)[O-])c(C)c1C(C)=O. The highest BCUT2D eigenvalue weighted by atomic mass is 32.2. The Labute approximate surface area is 90.1 Å². The molecule has 1 aromatic rings. The Bertz CT molecular complexity index is 393. The topological polar surface area (TPSA) is 57.2 Å². The Balaban J connectivity index is 3.40. The van der Waals surface area contributed by atoms with Crippen molar-refractivity contribution in [2.45, 2.75) is 18.1 Å². The average Bonchev–Trinajstić information content (AvgIpc) is 2.42. The van der Waals surface area contributed by atoms with Crippen LogP contribution in [0.15, 0.2) is 4.21 Å². The lowest BCUT2D eigenvalue weighted by Crippen LogP contribution is -2.21. The first-order valence-electron chi connectivity index (χ1n) is 3.88. The Morgan fingerprint density at radius 1 is 1.43 bits per heavy atom. The Kier molecular flexibility index (Phi) is 3.34. The number of carbonyl (C=O) groups is 2. The molecule has 0 fully saturated rings. The normalized spacial score (nSPS) is 10.2. The van der Waals surface area contributed by atoms with Gasteiger partial charge in [0.1, 0.15) is 0 Å². The predicted molar refractivity (Wildman–Crippen MR) is 55.2 cm³/mol. The summed E-state index contributed by atoms with van der Waals surface area (Å²) < 4.78 is 0.745. The van der Waals surface area contributed by atoms with Gasteiger partial charge >= 0.3 is 0 Å². The van der Waals surface area contributed by atoms with Crippen molar-refractivity contribution < 1.29 is 14.7 Å². The fourth-order valence-corrected chi connectivity index (χ4v) is 3.24. The molecule has 14 heavy (non-hydrogen) atoms. The van der Waals surface area contributed by atoms with Gasteiger partial charge in [0, 0.05) is 5.56 Å². The minimum absolute atomic E-state index is 0.101. The van der Waals surface area contributed by atoms with Gasteiger partial charge < -0.3 is 9.90 Å². The quantitative estimate of drug-likeness (QED) is 0.580. The molecule has 0 aliphatic carbocycles. The van der Waals surface area contributed by atoms with Crippen LogP contribution in [0.25, 0.3) is 0 Å². The molecule has 0 atom stereocenters. The molecule has 3 nitrogen and oxygen atoms in total. The number of ketones is 1. The van der Waals surface area contributed by atoms with Gasteiger partial charge in [-0.3, -0.25) is 4.79 Å². The van der Waals surface area contributed by atoms with Crippen LogP contribution in [0.4, 0.5) is 0 Å². The molecule has 5 heteroatoms. The Morgan fingerprint density at radius 3 is 2.29 bits per heavy atom. The zero-order valence-electron chi connectivity index (χ0n) is 8.04. The van der Waals surface area contributed by atoms with E-state index in [2.05, 4.69) is 0 Å². The highest BCUT2D eigenvalue weighted by molar-refractivity contribution is 8.00. The van der Waals surface area contributed by atoms with Crippen LogP contribution in [0.2, 0.25) is 0 Å². The molecular formula is C9H9O3S2-. The van der Waals surface area contributed by atoms with Crippen LogP contribution >= 0.6 is 23.1 Å².